The molecule has 0 aromatic carbocycles. The molecule has 5 nitrogen and oxygen atoms in total. The number of carbonyl (C=O) groups excluding carboxylic acids is 1. The van der Waals surface area contributed by atoms with E-state index in [-0.39, 0.29) is 11.4 Å². The molecule has 19 heavy (non-hydrogen) atoms. The van der Waals surface area contributed by atoms with Crippen LogP contribution in [0.2, 0.25) is 0 Å². The second kappa shape index (κ2) is 6.17. The van der Waals surface area contributed by atoms with Crippen LogP contribution < -0.4 is 5.32 Å². The zero-order chi connectivity index (χ0) is 13.7. The Labute approximate surface area is 114 Å². The van der Waals surface area contributed by atoms with Gasteiger partial charge in [0, 0.05) is 13.3 Å². The average Bonchev–Trinajstić information content (AvgIpc) is 2.99. The van der Waals surface area contributed by atoms with Crippen molar-refractivity contribution in [3.63, 3.8) is 0 Å². The molecular formula is C14H23N3O2. The number of carbonyl (C=O) groups is 1. The number of aryl methyl sites for hydroxylation is 1. The number of aromatic nitrogens is 2. The highest BCUT2D eigenvalue weighted by Gasteiger charge is 2.40. The predicted octanol–water partition coefficient (Wildman–Crippen LogP) is 2.84. The van der Waals surface area contributed by atoms with Gasteiger partial charge >= 0.3 is 0 Å². The molecule has 1 aromatic rings. The molecule has 1 saturated carbocycles. The van der Waals surface area contributed by atoms with Gasteiger partial charge in [-0.2, -0.15) is 4.98 Å². The van der Waals surface area contributed by atoms with Crippen LogP contribution in [-0.2, 0) is 10.3 Å². The van der Waals surface area contributed by atoms with Crippen LogP contribution in [0.3, 0.4) is 0 Å². The molecule has 0 atom stereocenters. The van der Waals surface area contributed by atoms with Gasteiger partial charge in [0.05, 0.1) is 0 Å². The quantitative estimate of drug-likeness (QED) is 0.803. The molecule has 1 fully saturated rings. The fraction of sp³-hybridized carbons (Fsp3) is 0.786. The van der Waals surface area contributed by atoms with E-state index >= 15 is 0 Å². The molecule has 1 aromatic heterocycles. The highest BCUT2D eigenvalue weighted by atomic mass is 16.5. The van der Waals surface area contributed by atoms with Crippen LogP contribution in [0.4, 0.5) is 0 Å². The second-order valence-corrected chi connectivity index (χ2v) is 5.43. The average molecular weight is 265 g/mol. The number of hydrogen-bond acceptors (Lipinski definition) is 4. The molecule has 1 heterocycles. The Balaban J connectivity index is 2.02. The Morgan fingerprint density at radius 2 is 2.11 bits per heavy atom. The Morgan fingerprint density at radius 1 is 1.37 bits per heavy atom. The molecule has 106 valence electrons. The van der Waals surface area contributed by atoms with E-state index in [2.05, 4.69) is 22.4 Å². The van der Waals surface area contributed by atoms with Crippen LogP contribution in [0, 0.1) is 6.92 Å². The lowest BCUT2D eigenvalue weighted by atomic mass is 9.96. The van der Waals surface area contributed by atoms with E-state index in [1.807, 2.05) is 0 Å². The van der Waals surface area contributed by atoms with E-state index in [9.17, 15) is 4.79 Å². The summed E-state index contributed by atoms with van der Waals surface area (Å²) in [6.45, 7) is 3.92. The van der Waals surface area contributed by atoms with Crippen molar-refractivity contribution in [2.45, 2.75) is 70.8 Å². The Hall–Kier alpha value is -1.39. The van der Waals surface area contributed by atoms with Gasteiger partial charge in [0.2, 0.25) is 11.8 Å². The summed E-state index contributed by atoms with van der Waals surface area (Å²) >= 11 is 0. The SMILES string of the molecule is CCCCCC(=O)NC1(c2noc(C)n2)CCCC1. The Morgan fingerprint density at radius 3 is 2.68 bits per heavy atom. The lowest BCUT2D eigenvalue weighted by Crippen LogP contribution is -2.44. The molecule has 5 heteroatoms. The van der Waals surface area contributed by atoms with Gasteiger partial charge in [-0.05, 0) is 19.3 Å². The first-order valence-corrected chi connectivity index (χ1v) is 7.28. The molecular weight excluding hydrogens is 242 g/mol. The van der Waals surface area contributed by atoms with Crippen LogP contribution in [0.1, 0.15) is 70.0 Å². The smallest absolute Gasteiger partial charge is 0.223 e. The van der Waals surface area contributed by atoms with E-state index in [1.165, 1.54) is 0 Å². The number of amides is 1. The fourth-order valence-electron chi connectivity index (χ4n) is 2.74. The third-order valence-electron chi connectivity index (χ3n) is 3.80. The molecule has 1 N–H and O–H groups in total. The normalized spacial score (nSPS) is 17.6. The van der Waals surface area contributed by atoms with Crippen molar-refractivity contribution in [2.75, 3.05) is 0 Å². The number of rotatable bonds is 6. The molecule has 0 bridgehead atoms. The number of nitrogens with one attached hydrogen (secondary N) is 1. The zero-order valence-electron chi connectivity index (χ0n) is 11.9. The third-order valence-corrected chi connectivity index (χ3v) is 3.80. The van der Waals surface area contributed by atoms with Crippen LogP contribution >= 0.6 is 0 Å². The van der Waals surface area contributed by atoms with Gasteiger partial charge in [0.1, 0.15) is 5.54 Å². The maximum Gasteiger partial charge on any atom is 0.223 e. The topological polar surface area (TPSA) is 68.0 Å². The largest absolute Gasteiger partial charge is 0.343 e. The second-order valence-electron chi connectivity index (χ2n) is 5.43. The van der Waals surface area contributed by atoms with E-state index in [4.69, 9.17) is 4.52 Å². The highest BCUT2D eigenvalue weighted by molar-refractivity contribution is 5.76. The molecule has 0 saturated heterocycles. The summed E-state index contributed by atoms with van der Waals surface area (Å²) in [5, 5.41) is 7.18. The van der Waals surface area contributed by atoms with Crippen molar-refractivity contribution in [3.8, 4) is 0 Å². The lowest BCUT2D eigenvalue weighted by Gasteiger charge is -2.26. The molecule has 1 aliphatic rings. The zero-order valence-corrected chi connectivity index (χ0v) is 11.9. The molecule has 0 aliphatic heterocycles. The fourth-order valence-corrected chi connectivity index (χ4v) is 2.74. The van der Waals surface area contributed by atoms with Gasteiger partial charge in [0.15, 0.2) is 5.82 Å². The molecule has 1 amide bonds. The minimum absolute atomic E-state index is 0.109. The van der Waals surface area contributed by atoms with Gasteiger partial charge in [-0.3, -0.25) is 4.79 Å². The van der Waals surface area contributed by atoms with E-state index < -0.39 is 0 Å². The van der Waals surface area contributed by atoms with E-state index in [1.54, 1.807) is 6.92 Å². The standard InChI is InChI=1S/C14H23N3O2/c1-3-4-5-8-12(18)16-14(9-6-7-10-14)13-15-11(2)19-17-13/h3-10H2,1-2H3,(H,16,18). The first kappa shape index (κ1) is 14.0. The van der Waals surface area contributed by atoms with Crippen molar-refractivity contribution in [1.82, 2.24) is 15.5 Å². The van der Waals surface area contributed by atoms with Crippen molar-refractivity contribution in [1.29, 1.82) is 0 Å². The van der Waals surface area contributed by atoms with E-state index in [0.29, 0.717) is 18.1 Å². The lowest BCUT2D eigenvalue weighted by molar-refractivity contribution is -0.123. The van der Waals surface area contributed by atoms with Crippen LogP contribution in [-0.4, -0.2) is 16.0 Å². The summed E-state index contributed by atoms with van der Waals surface area (Å²) in [4.78, 5) is 16.4. The van der Waals surface area contributed by atoms with Gasteiger partial charge in [-0.25, -0.2) is 0 Å². The molecule has 2 rings (SSSR count). The summed E-state index contributed by atoms with van der Waals surface area (Å²) in [7, 11) is 0. The van der Waals surface area contributed by atoms with Gasteiger partial charge in [0.25, 0.3) is 0 Å². The van der Waals surface area contributed by atoms with Gasteiger partial charge < -0.3 is 9.84 Å². The van der Waals surface area contributed by atoms with Crippen molar-refractivity contribution < 1.29 is 9.32 Å². The minimum Gasteiger partial charge on any atom is -0.343 e. The Kier molecular flexibility index (Phi) is 4.56. The number of hydrogen-bond donors (Lipinski definition) is 1. The van der Waals surface area contributed by atoms with Crippen LogP contribution in [0.15, 0.2) is 4.52 Å². The summed E-state index contributed by atoms with van der Waals surface area (Å²) in [5.74, 6) is 1.31. The highest BCUT2D eigenvalue weighted by Crippen LogP contribution is 2.37. The summed E-state index contributed by atoms with van der Waals surface area (Å²) in [6.07, 6.45) is 7.78. The first-order valence-electron chi connectivity index (χ1n) is 7.28. The minimum atomic E-state index is -0.388. The summed E-state index contributed by atoms with van der Waals surface area (Å²) in [6, 6.07) is 0. The van der Waals surface area contributed by atoms with Crippen LogP contribution in [0.25, 0.3) is 0 Å². The molecule has 0 unspecified atom stereocenters. The third kappa shape index (κ3) is 3.33. The van der Waals surface area contributed by atoms with E-state index in [0.717, 1.165) is 44.9 Å². The maximum absolute atomic E-state index is 12.1. The molecule has 0 radical (unpaired) electrons. The van der Waals surface area contributed by atoms with Gasteiger partial charge in [-0.15, -0.1) is 0 Å². The molecule has 0 spiro atoms. The summed E-state index contributed by atoms with van der Waals surface area (Å²) in [5.41, 5.74) is -0.388. The molecule has 1 aliphatic carbocycles. The number of unbranched alkanes of at least 4 members (excludes halogenated alkanes) is 2. The van der Waals surface area contributed by atoms with Crippen LogP contribution in [0.5, 0.6) is 0 Å². The first-order chi connectivity index (χ1) is 9.16. The van der Waals surface area contributed by atoms with Crippen molar-refractivity contribution in [3.05, 3.63) is 11.7 Å². The Bertz CT molecular complexity index is 422. The number of nitrogens with zero attached hydrogens (tertiary/aromatic N) is 2. The van der Waals surface area contributed by atoms with Crippen molar-refractivity contribution >= 4 is 5.91 Å². The summed E-state index contributed by atoms with van der Waals surface area (Å²) < 4.78 is 5.07. The maximum atomic E-state index is 12.1. The predicted molar refractivity (Wildman–Crippen MR) is 71.5 cm³/mol. The van der Waals surface area contributed by atoms with Gasteiger partial charge in [-0.1, -0.05) is 37.8 Å². The monoisotopic (exact) mass is 265 g/mol. The van der Waals surface area contributed by atoms with Crippen molar-refractivity contribution in [2.24, 2.45) is 0 Å².